The lowest BCUT2D eigenvalue weighted by Crippen LogP contribution is -2.32. The number of hydrogen-bond acceptors (Lipinski definition) is 2. The molecular formula is C36H64N2. The van der Waals surface area contributed by atoms with Crippen LogP contribution < -0.4 is 0 Å². The summed E-state index contributed by atoms with van der Waals surface area (Å²) in [7, 11) is 0. The summed E-state index contributed by atoms with van der Waals surface area (Å²) in [5.41, 5.74) is 1.44. The molecule has 0 bridgehead atoms. The van der Waals surface area contributed by atoms with Gasteiger partial charge in [-0.05, 0) is 18.4 Å². The molecule has 0 N–H and O–H groups in total. The Morgan fingerprint density at radius 3 is 1.08 bits per heavy atom. The van der Waals surface area contributed by atoms with Crippen molar-refractivity contribution in [1.82, 2.24) is 9.80 Å². The molecule has 1 heterocycles. The van der Waals surface area contributed by atoms with E-state index >= 15 is 0 Å². The third-order valence-corrected chi connectivity index (χ3v) is 8.47. The third kappa shape index (κ3) is 15.2. The van der Waals surface area contributed by atoms with E-state index in [4.69, 9.17) is 0 Å². The molecule has 1 atom stereocenters. The minimum Gasteiger partial charge on any atom is -0.352 e. The van der Waals surface area contributed by atoms with Gasteiger partial charge in [-0.25, -0.2) is 0 Å². The molecule has 0 aliphatic carbocycles. The largest absolute Gasteiger partial charge is 0.352 e. The van der Waals surface area contributed by atoms with Gasteiger partial charge in [0.2, 0.25) is 0 Å². The minimum atomic E-state index is 0.396. The van der Waals surface area contributed by atoms with Crippen molar-refractivity contribution in [2.24, 2.45) is 0 Å². The van der Waals surface area contributed by atoms with Gasteiger partial charge in [0.05, 0.1) is 0 Å². The van der Waals surface area contributed by atoms with E-state index in [0.29, 0.717) is 6.17 Å². The van der Waals surface area contributed by atoms with E-state index in [2.05, 4.69) is 66.4 Å². The van der Waals surface area contributed by atoms with Crippen molar-refractivity contribution >= 4 is 0 Å². The van der Waals surface area contributed by atoms with Crippen molar-refractivity contribution in [3.8, 4) is 0 Å². The molecule has 0 fully saturated rings. The Balaban J connectivity index is 1.55. The first-order chi connectivity index (χ1) is 18.9. The van der Waals surface area contributed by atoms with Gasteiger partial charge in [-0.1, -0.05) is 179 Å². The van der Waals surface area contributed by atoms with Gasteiger partial charge in [0.1, 0.15) is 6.17 Å². The van der Waals surface area contributed by atoms with E-state index in [0.717, 1.165) is 0 Å². The third-order valence-electron chi connectivity index (χ3n) is 8.47. The smallest absolute Gasteiger partial charge is 0.127 e. The van der Waals surface area contributed by atoms with Crippen molar-refractivity contribution in [3.05, 3.63) is 48.3 Å². The summed E-state index contributed by atoms with van der Waals surface area (Å²) in [6.45, 7) is 6.97. The van der Waals surface area contributed by atoms with Crippen LogP contribution >= 0.6 is 0 Å². The summed E-state index contributed by atoms with van der Waals surface area (Å²) in [5, 5.41) is 0. The van der Waals surface area contributed by atoms with Crippen LogP contribution in [0.3, 0.4) is 0 Å². The highest BCUT2D eigenvalue weighted by Crippen LogP contribution is 2.31. The molecule has 2 heteroatoms. The van der Waals surface area contributed by atoms with Gasteiger partial charge in [-0.3, -0.25) is 0 Å². The standard InChI is InChI=1S/C36H64N2/c1-3-5-7-9-11-13-14-15-16-17-19-21-23-28-32-38-34-33-37(36(38)35-29-25-24-26-30-35)31-27-22-20-18-12-10-8-6-4-2/h24-26,29-30,33-34,36H,3-23,27-28,31-32H2,1-2H3. The predicted octanol–water partition coefficient (Wildman–Crippen LogP) is 11.8. The maximum atomic E-state index is 2.60. The van der Waals surface area contributed by atoms with Crippen LogP contribution in [0.5, 0.6) is 0 Å². The van der Waals surface area contributed by atoms with E-state index in [1.165, 1.54) is 166 Å². The second-order valence-electron chi connectivity index (χ2n) is 12.0. The average molecular weight is 525 g/mol. The van der Waals surface area contributed by atoms with Crippen molar-refractivity contribution in [2.75, 3.05) is 13.1 Å². The van der Waals surface area contributed by atoms with Crippen LogP contribution in [0.4, 0.5) is 0 Å². The Kier molecular flexibility index (Phi) is 20.2. The Morgan fingerprint density at radius 1 is 0.421 bits per heavy atom. The molecular weight excluding hydrogens is 460 g/mol. The summed E-state index contributed by atoms with van der Waals surface area (Å²) in [5.74, 6) is 0. The molecule has 2 nitrogen and oxygen atoms in total. The highest BCUT2D eigenvalue weighted by Gasteiger charge is 2.26. The van der Waals surface area contributed by atoms with E-state index in [1.807, 2.05) is 0 Å². The molecule has 1 aliphatic heterocycles. The van der Waals surface area contributed by atoms with Crippen molar-refractivity contribution in [3.63, 3.8) is 0 Å². The second-order valence-corrected chi connectivity index (χ2v) is 12.0. The van der Waals surface area contributed by atoms with Gasteiger partial charge in [-0.2, -0.15) is 0 Å². The van der Waals surface area contributed by atoms with Gasteiger partial charge in [0.25, 0.3) is 0 Å². The lowest BCUT2D eigenvalue weighted by molar-refractivity contribution is 0.149. The van der Waals surface area contributed by atoms with Gasteiger partial charge < -0.3 is 9.80 Å². The normalized spacial score (nSPS) is 15.2. The van der Waals surface area contributed by atoms with Gasteiger partial charge in [0, 0.05) is 25.5 Å². The SMILES string of the molecule is CCCCCCCCCCCCCCCCN1C=CN(CCCCCCCCCCC)C1c1ccccc1. The monoisotopic (exact) mass is 525 g/mol. The zero-order valence-electron chi connectivity index (χ0n) is 25.7. The molecule has 1 unspecified atom stereocenters. The fourth-order valence-corrected chi connectivity index (χ4v) is 6.02. The van der Waals surface area contributed by atoms with Crippen LogP contribution in [0.15, 0.2) is 42.7 Å². The maximum Gasteiger partial charge on any atom is 0.127 e. The molecule has 0 radical (unpaired) electrons. The number of nitrogens with zero attached hydrogens (tertiary/aromatic N) is 2. The van der Waals surface area contributed by atoms with Gasteiger partial charge in [-0.15, -0.1) is 0 Å². The summed E-state index contributed by atoms with van der Waals surface area (Å²) >= 11 is 0. The minimum absolute atomic E-state index is 0.396. The van der Waals surface area contributed by atoms with E-state index < -0.39 is 0 Å². The first-order valence-corrected chi connectivity index (χ1v) is 17.1. The summed E-state index contributed by atoms with van der Waals surface area (Å²) < 4.78 is 0. The lowest BCUT2D eigenvalue weighted by Gasteiger charge is -2.33. The van der Waals surface area contributed by atoms with Crippen molar-refractivity contribution < 1.29 is 0 Å². The second kappa shape index (κ2) is 23.4. The van der Waals surface area contributed by atoms with Crippen LogP contribution in [-0.2, 0) is 0 Å². The summed E-state index contributed by atoms with van der Waals surface area (Å²) in [6.07, 6.45) is 37.7. The Morgan fingerprint density at radius 2 is 0.737 bits per heavy atom. The topological polar surface area (TPSA) is 6.48 Å². The fourth-order valence-electron chi connectivity index (χ4n) is 6.02. The molecule has 0 spiro atoms. The molecule has 0 amide bonds. The predicted molar refractivity (Wildman–Crippen MR) is 169 cm³/mol. The molecule has 0 saturated heterocycles. The van der Waals surface area contributed by atoms with E-state index in [-0.39, 0.29) is 0 Å². The Labute approximate surface area is 238 Å². The maximum absolute atomic E-state index is 2.60. The van der Waals surface area contributed by atoms with Crippen LogP contribution in [0.1, 0.15) is 173 Å². The van der Waals surface area contributed by atoms with E-state index in [9.17, 15) is 0 Å². The molecule has 0 saturated carbocycles. The number of benzene rings is 1. The Bertz CT molecular complexity index is 655. The first kappa shape index (κ1) is 32.8. The Hall–Kier alpha value is -1.44. The van der Waals surface area contributed by atoms with Gasteiger partial charge in [0.15, 0.2) is 0 Å². The molecule has 1 aromatic carbocycles. The van der Waals surface area contributed by atoms with Crippen LogP contribution in [0.2, 0.25) is 0 Å². The lowest BCUT2D eigenvalue weighted by atomic mass is 10.0. The first-order valence-electron chi connectivity index (χ1n) is 17.1. The zero-order valence-corrected chi connectivity index (χ0v) is 25.7. The molecule has 218 valence electrons. The van der Waals surface area contributed by atoms with E-state index in [1.54, 1.807) is 0 Å². The van der Waals surface area contributed by atoms with Crippen LogP contribution in [-0.4, -0.2) is 22.9 Å². The zero-order chi connectivity index (χ0) is 26.9. The fraction of sp³-hybridized carbons (Fsp3) is 0.778. The van der Waals surface area contributed by atoms with Gasteiger partial charge >= 0.3 is 0 Å². The number of hydrogen-bond donors (Lipinski definition) is 0. The number of unbranched alkanes of at least 4 members (excludes halogenated alkanes) is 21. The van der Waals surface area contributed by atoms with Crippen LogP contribution in [0.25, 0.3) is 0 Å². The summed E-state index contributed by atoms with van der Waals surface area (Å²) in [6, 6.07) is 11.2. The molecule has 2 rings (SSSR count). The van der Waals surface area contributed by atoms with Crippen molar-refractivity contribution in [1.29, 1.82) is 0 Å². The quantitative estimate of drug-likeness (QED) is 0.111. The van der Waals surface area contributed by atoms with Crippen molar-refractivity contribution in [2.45, 2.75) is 168 Å². The molecule has 1 aromatic rings. The highest BCUT2D eigenvalue weighted by atomic mass is 15.4. The van der Waals surface area contributed by atoms with Crippen LogP contribution in [0, 0.1) is 0 Å². The molecule has 1 aliphatic rings. The summed E-state index contributed by atoms with van der Waals surface area (Å²) in [4.78, 5) is 5.20. The molecule has 38 heavy (non-hydrogen) atoms. The highest BCUT2D eigenvalue weighted by molar-refractivity contribution is 5.21. The average Bonchev–Trinajstić information content (AvgIpc) is 3.35. The molecule has 0 aromatic heterocycles. The number of rotatable bonds is 26.